The monoisotopic (exact) mass is 363 g/mol. The average Bonchev–Trinajstić information content (AvgIpc) is 3.23. The van der Waals surface area contributed by atoms with Crippen LogP contribution in [0.4, 0.5) is 0 Å². The van der Waals surface area contributed by atoms with Gasteiger partial charge in [-0.2, -0.15) is 0 Å². The van der Waals surface area contributed by atoms with E-state index in [1.165, 1.54) is 0 Å². The van der Waals surface area contributed by atoms with Crippen molar-refractivity contribution in [2.24, 2.45) is 4.99 Å². The van der Waals surface area contributed by atoms with Gasteiger partial charge in [-0.05, 0) is 42.8 Å². The highest BCUT2D eigenvalue weighted by atomic mass is 35.5. The molecule has 1 aliphatic heterocycles. The lowest BCUT2D eigenvalue weighted by Crippen LogP contribution is -2.06. The Kier molecular flexibility index (Phi) is 4.19. The van der Waals surface area contributed by atoms with Gasteiger partial charge in [0.2, 0.25) is 5.90 Å². The zero-order valence-electron chi connectivity index (χ0n) is 13.9. The van der Waals surface area contributed by atoms with E-state index in [-0.39, 0.29) is 5.70 Å². The molecule has 0 saturated carbocycles. The number of hydrogen-bond acceptors (Lipinski definition) is 4. The van der Waals surface area contributed by atoms with Crippen molar-refractivity contribution < 1.29 is 13.9 Å². The maximum absolute atomic E-state index is 12.1. The topological polar surface area (TPSA) is 51.8 Å². The quantitative estimate of drug-likeness (QED) is 0.471. The van der Waals surface area contributed by atoms with Gasteiger partial charge in [0.15, 0.2) is 5.70 Å². The molecule has 1 aliphatic rings. The zero-order valence-corrected chi connectivity index (χ0v) is 14.7. The van der Waals surface area contributed by atoms with Crippen LogP contribution in [0.1, 0.15) is 16.9 Å². The van der Waals surface area contributed by atoms with Gasteiger partial charge in [-0.1, -0.05) is 41.9 Å². The number of ether oxygens (including phenoxy) is 1. The molecule has 1 aromatic heterocycles. The Labute approximate surface area is 155 Å². The van der Waals surface area contributed by atoms with Gasteiger partial charge < -0.3 is 9.15 Å². The van der Waals surface area contributed by atoms with Crippen molar-refractivity contribution in [2.75, 3.05) is 0 Å². The second-order valence-corrected chi connectivity index (χ2v) is 6.30. The Balaban J connectivity index is 1.64. The molecule has 2 heterocycles. The van der Waals surface area contributed by atoms with Crippen LogP contribution in [-0.2, 0) is 9.53 Å². The summed E-state index contributed by atoms with van der Waals surface area (Å²) in [5.41, 5.74) is 2.85. The molecule has 0 radical (unpaired) electrons. The van der Waals surface area contributed by atoms with E-state index in [2.05, 4.69) is 4.99 Å². The Hall–Kier alpha value is -3.11. The van der Waals surface area contributed by atoms with E-state index in [1.54, 1.807) is 18.2 Å². The fourth-order valence-electron chi connectivity index (χ4n) is 2.70. The highest BCUT2D eigenvalue weighted by molar-refractivity contribution is 6.30. The average molecular weight is 364 g/mol. The van der Waals surface area contributed by atoms with Crippen molar-refractivity contribution in [2.45, 2.75) is 6.92 Å². The van der Waals surface area contributed by atoms with E-state index < -0.39 is 5.97 Å². The number of benzene rings is 2. The molecule has 0 saturated heterocycles. The number of nitrogens with zero attached hydrogens (tertiary/aromatic N) is 1. The van der Waals surface area contributed by atoms with Crippen LogP contribution >= 0.6 is 11.6 Å². The molecule has 0 spiro atoms. The minimum Gasteiger partial charge on any atom is -0.457 e. The van der Waals surface area contributed by atoms with Crippen LogP contribution < -0.4 is 0 Å². The number of aryl methyl sites for hydroxylation is 1. The van der Waals surface area contributed by atoms with Crippen LogP contribution in [0.25, 0.3) is 17.4 Å². The largest absolute Gasteiger partial charge is 0.457 e. The molecule has 0 aliphatic carbocycles. The van der Waals surface area contributed by atoms with Gasteiger partial charge in [-0.15, -0.1) is 0 Å². The number of cyclic esters (lactones) is 1. The third kappa shape index (κ3) is 3.19. The number of carbonyl (C=O) groups is 1. The number of esters is 1. The smallest absolute Gasteiger partial charge is 0.363 e. The molecule has 0 fully saturated rings. The maximum Gasteiger partial charge on any atom is 0.363 e. The molecular weight excluding hydrogens is 350 g/mol. The van der Waals surface area contributed by atoms with E-state index in [1.807, 2.05) is 55.5 Å². The van der Waals surface area contributed by atoms with Crippen LogP contribution in [0.3, 0.4) is 0 Å². The normalized spacial score (nSPS) is 15.2. The van der Waals surface area contributed by atoms with Gasteiger partial charge >= 0.3 is 5.97 Å². The fourth-order valence-corrected chi connectivity index (χ4v) is 2.89. The number of furan rings is 1. The molecule has 4 nitrogen and oxygen atoms in total. The van der Waals surface area contributed by atoms with Crippen molar-refractivity contribution in [1.82, 2.24) is 0 Å². The predicted molar refractivity (Wildman–Crippen MR) is 101 cm³/mol. The van der Waals surface area contributed by atoms with Gasteiger partial charge in [-0.3, -0.25) is 0 Å². The Morgan fingerprint density at radius 3 is 2.69 bits per heavy atom. The summed E-state index contributed by atoms with van der Waals surface area (Å²) >= 11 is 6.01. The first-order chi connectivity index (χ1) is 12.6. The molecule has 5 heteroatoms. The summed E-state index contributed by atoms with van der Waals surface area (Å²) in [6.07, 6.45) is 1.57. The number of rotatable bonds is 3. The van der Waals surface area contributed by atoms with Gasteiger partial charge in [0.05, 0.1) is 0 Å². The molecule has 26 heavy (non-hydrogen) atoms. The maximum atomic E-state index is 12.1. The van der Waals surface area contributed by atoms with Crippen molar-refractivity contribution in [1.29, 1.82) is 0 Å². The SMILES string of the molecule is Cc1ccccc1C1=N/C(=C\c2ccc(-c3cccc(Cl)c3)o2)C(=O)O1. The number of hydrogen-bond donors (Lipinski definition) is 0. The van der Waals surface area contributed by atoms with Crippen molar-refractivity contribution in [3.63, 3.8) is 0 Å². The van der Waals surface area contributed by atoms with Crippen molar-refractivity contribution in [3.05, 3.63) is 88.3 Å². The lowest BCUT2D eigenvalue weighted by atomic mass is 10.1. The number of halogens is 1. The van der Waals surface area contributed by atoms with E-state index in [0.29, 0.717) is 22.4 Å². The Morgan fingerprint density at radius 2 is 1.88 bits per heavy atom. The third-order valence-corrected chi connectivity index (χ3v) is 4.25. The molecule has 0 N–H and O–H groups in total. The van der Waals surface area contributed by atoms with E-state index >= 15 is 0 Å². The highest BCUT2D eigenvalue weighted by Crippen LogP contribution is 2.27. The molecule has 2 aromatic carbocycles. The molecule has 3 aromatic rings. The first-order valence-electron chi connectivity index (χ1n) is 8.04. The summed E-state index contributed by atoms with van der Waals surface area (Å²) in [6.45, 7) is 1.94. The second-order valence-electron chi connectivity index (χ2n) is 5.86. The Morgan fingerprint density at radius 1 is 1.04 bits per heavy atom. The molecule has 128 valence electrons. The molecular formula is C21H14ClNO3. The first-order valence-corrected chi connectivity index (χ1v) is 8.42. The Bertz CT molecular complexity index is 1060. The second kappa shape index (κ2) is 6.65. The van der Waals surface area contributed by atoms with Gasteiger partial charge in [0, 0.05) is 22.2 Å². The molecule has 4 rings (SSSR count). The summed E-state index contributed by atoms with van der Waals surface area (Å²) in [4.78, 5) is 16.4. The fraction of sp³-hybridized carbons (Fsp3) is 0.0476. The van der Waals surface area contributed by atoms with Gasteiger partial charge in [-0.25, -0.2) is 9.79 Å². The van der Waals surface area contributed by atoms with Crippen LogP contribution in [0.5, 0.6) is 0 Å². The van der Waals surface area contributed by atoms with E-state index in [4.69, 9.17) is 20.8 Å². The summed E-state index contributed by atoms with van der Waals surface area (Å²) in [6, 6.07) is 18.6. The van der Waals surface area contributed by atoms with Crippen LogP contribution in [0.2, 0.25) is 5.02 Å². The van der Waals surface area contributed by atoms with E-state index in [9.17, 15) is 4.79 Å². The van der Waals surface area contributed by atoms with Gasteiger partial charge in [0.1, 0.15) is 11.5 Å². The summed E-state index contributed by atoms with van der Waals surface area (Å²) in [5.74, 6) is 0.987. The highest BCUT2D eigenvalue weighted by Gasteiger charge is 2.25. The third-order valence-electron chi connectivity index (χ3n) is 4.01. The molecule has 0 amide bonds. The molecule has 0 unspecified atom stereocenters. The summed E-state index contributed by atoms with van der Waals surface area (Å²) in [7, 11) is 0. The van der Waals surface area contributed by atoms with Gasteiger partial charge in [0.25, 0.3) is 0 Å². The van der Waals surface area contributed by atoms with E-state index in [0.717, 1.165) is 16.7 Å². The predicted octanol–water partition coefficient (Wildman–Crippen LogP) is 5.25. The standard InChI is InChI=1S/C21H14ClNO3/c1-13-5-2-3-8-17(13)20-23-18(21(24)26-20)12-16-9-10-19(25-16)14-6-4-7-15(22)11-14/h2-12H,1H3/b18-12-. The van der Waals surface area contributed by atoms with Crippen molar-refractivity contribution in [3.8, 4) is 11.3 Å². The lowest BCUT2D eigenvalue weighted by Gasteiger charge is -2.02. The van der Waals surface area contributed by atoms with Crippen LogP contribution in [0, 0.1) is 6.92 Å². The molecule has 0 bridgehead atoms. The first kappa shape index (κ1) is 16.4. The van der Waals surface area contributed by atoms with Crippen LogP contribution in [0.15, 0.2) is 75.8 Å². The lowest BCUT2D eigenvalue weighted by molar-refractivity contribution is -0.129. The summed E-state index contributed by atoms with van der Waals surface area (Å²) in [5, 5.41) is 0.630. The zero-order chi connectivity index (χ0) is 18.1. The van der Waals surface area contributed by atoms with Crippen molar-refractivity contribution >= 4 is 29.5 Å². The minimum absolute atomic E-state index is 0.204. The number of aliphatic imine (C=N–C) groups is 1. The minimum atomic E-state index is -0.496. The summed E-state index contributed by atoms with van der Waals surface area (Å²) < 4.78 is 11.1. The number of carbonyl (C=O) groups excluding carboxylic acids is 1. The van der Waals surface area contributed by atoms with Crippen LogP contribution in [-0.4, -0.2) is 11.9 Å². The molecule has 0 atom stereocenters.